The summed E-state index contributed by atoms with van der Waals surface area (Å²) in [6.07, 6.45) is 0.786. The topological polar surface area (TPSA) is 49.4 Å². The molecule has 1 fully saturated rings. The van der Waals surface area contributed by atoms with E-state index in [1.165, 1.54) is 0 Å². The van der Waals surface area contributed by atoms with Gasteiger partial charge in [0.25, 0.3) is 0 Å². The van der Waals surface area contributed by atoms with Crippen molar-refractivity contribution in [1.29, 1.82) is 0 Å². The normalized spacial score (nSPS) is 18.4. The molecule has 2 rings (SSSR count). The highest BCUT2D eigenvalue weighted by molar-refractivity contribution is 6.31. The van der Waals surface area contributed by atoms with Gasteiger partial charge in [0.2, 0.25) is 5.91 Å². The van der Waals surface area contributed by atoms with Crippen molar-refractivity contribution < 1.29 is 9.59 Å². The van der Waals surface area contributed by atoms with Crippen LogP contribution in [0.5, 0.6) is 0 Å². The van der Waals surface area contributed by atoms with E-state index < -0.39 is 5.54 Å². The zero-order valence-electron chi connectivity index (χ0n) is 10.4. The molecule has 0 radical (unpaired) electrons. The molecule has 4 nitrogen and oxygen atoms in total. The van der Waals surface area contributed by atoms with Crippen LogP contribution < -0.4 is 10.2 Å². The van der Waals surface area contributed by atoms with Gasteiger partial charge in [0, 0.05) is 29.4 Å². The number of anilines is 1. The van der Waals surface area contributed by atoms with E-state index in [4.69, 9.17) is 11.6 Å². The molecule has 0 aliphatic carbocycles. The Morgan fingerprint density at radius 1 is 1.44 bits per heavy atom. The van der Waals surface area contributed by atoms with Crippen molar-refractivity contribution >= 4 is 29.5 Å². The quantitative estimate of drug-likeness (QED) is 0.832. The lowest BCUT2D eigenvalue weighted by molar-refractivity contribution is -0.126. The van der Waals surface area contributed by atoms with Crippen LogP contribution >= 0.6 is 11.6 Å². The second-order valence-electron chi connectivity index (χ2n) is 4.79. The number of halogens is 1. The maximum Gasteiger partial charge on any atom is 0.245 e. The van der Waals surface area contributed by atoms with E-state index in [0.29, 0.717) is 29.4 Å². The number of carbonyl (C=O) groups is 2. The lowest BCUT2D eigenvalue weighted by atomic mass is 9.97. The zero-order valence-corrected chi connectivity index (χ0v) is 11.1. The fourth-order valence-corrected chi connectivity index (χ4v) is 2.34. The summed E-state index contributed by atoms with van der Waals surface area (Å²) < 4.78 is 0. The monoisotopic (exact) mass is 266 g/mol. The van der Waals surface area contributed by atoms with Gasteiger partial charge in [0.1, 0.15) is 5.54 Å². The molecular weight excluding hydrogens is 252 g/mol. The van der Waals surface area contributed by atoms with Gasteiger partial charge in [-0.05, 0) is 32.0 Å². The molecular formula is C13H15ClN2O2. The first-order chi connectivity index (χ1) is 8.46. The summed E-state index contributed by atoms with van der Waals surface area (Å²) in [5, 5.41) is 3.38. The predicted molar refractivity (Wildman–Crippen MR) is 71.3 cm³/mol. The maximum atomic E-state index is 11.9. The number of piperazine rings is 1. The molecule has 0 saturated carbocycles. The summed E-state index contributed by atoms with van der Waals surface area (Å²) in [6, 6.07) is 5.07. The van der Waals surface area contributed by atoms with E-state index in [1.54, 1.807) is 18.2 Å². The maximum absolute atomic E-state index is 11.9. The number of carbonyl (C=O) groups excluding carboxylic acids is 2. The third-order valence-electron chi connectivity index (χ3n) is 3.26. The second-order valence-corrected chi connectivity index (χ2v) is 5.22. The summed E-state index contributed by atoms with van der Waals surface area (Å²) in [5.41, 5.74) is 0.556. The van der Waals surface area contributed by atoms with Gasteiger partial charge in [-0.1, -0.05) is 11.6 Å². The molecule has 0 aromatic heterocycles. The smallest absolute Gasteiger partial charge is 0.245 e. The van der Waals surface area contributed by atoms with Gasteiger partial charge < -0.3 is 10.2 Å². The number of nitrogens with one attached hydrogen (secondary N) is 1. The van der Waals surface area contributed by atoms with Crippen LogP contribution in [0.1, 0.15) is 24.2 Å². The lowest BCUT2D eigenvalue weighted by Crippen LogP contribution is -2.62. The molecule has 0 unspecified atom stereocenters. The lowest BCUT2D eigenvalue weighted by Gasteiger charge is -2.43. The number of nitrogens with zero attached hydrogens (tertiary/aromatic N) is 1. The Morgan fingerprint density at radius 2 is 2.17 bits per heavy atom. The van der Waals surface area contributed by atoms with Crippen LogP contribution in [0.25, 0.3) is 0 Å². The van der Waals surface area contributed by atoms with Crippen LogP contribution in [-0.2, 0) is 4.79 Å². The zero-order chi connectivity index (χ0) is 13.3. The molecule has 0 bridgehead atoms. The van der Waals surface area contributed by atoms with Crippen molar-refractivity contribution in [3.8, 4) is 0 Å². The second kappa shape index (κ2) is 4.61. The minimum Gasteiger partial charge on any atom is -0.355 e. The van der Waals surface area contributed by atoms with Crippen molar-refractivity contribution in [1.82, 2.24) is 5.32 Å². The fraction of sp³-hybridized carbons (Fsp3) is 0.385. The molecule has 0 spiro atoms. The fourth-order valence-electron chi connectivity index (χ4n) is 2.17. The third kappa shape index (κ3) is 2.08. The molecule has 5 heteroatoms. The molecule has 1 saturated heterocycles. The van der Waals surface area contributed by atoms with Gasteiger partial charge in [-0.15, -0.1) is 0 Å². The van der Waals surface area contributed by atoms with E-state index in [1.807, 2.05) is 18.7 Å². The molecule has 18 heavy (non-hydrogen) atoms. The highest BCUT2D eigenvalue weighted by Crippen LogP contribution is 2.30. The number of hydrogen-bond acceptors (Lipinski definition) is 3. The van der Waals surface area contributed by atoms with E-state index in [0.717, 1.165) is 6.29 Å². The molecule has 1 heterocycles. The SMILES string of the molecule is CC1(C)C(=O)NCCN1c1cc(Cl)ccc1C=O. The van der Waals surface area contributed by atoms with E-state index in [9.17, 15) is 9.59 Å². The Balaban J connectivity index is 2.50. The van der Waals surface area contributed by atoms with Crippen LogP contribution in [-0.4, -0.2) is 30.8 Å². The summed E-state index contributed by atoms with van der Waals surface area (Å²) in [7, 11) is 0. The first-order valence-corrected chi connectivity index (χ1v) is 6.15. The molecule has 1 aromatic carbocycles. The van der Waals surface area contributed by atoms with Crippen LogP contribution in [0.2, 0.25) is 5.02 Å². The van der Waals surface area contributed by atoms with E-state index >= 15 is 0 Å². The number of rotatable bonds is 2. The minimum atomic E-state index is -0.694. The molecule has 0 atom stereocenters. The van der Waals surface area contributed by atoms with E-state index in [-0.39, 0.29) is 5.91 Å². The van der Waals surface area contributed by atoms with Crippen LogP contribution in [0.3, 0.4) is 0 Å². The van der Waals surface area contributed by atoms with Crippen LogP contribution in [0.4, 0.5) is 5.69 Å². The summed E-state index contributed by atoms with van der Waals surface area (Å²) in [6.45, 7) is 4.88. The predicted octanol–water partition coefficient (Wildman–Crippen LogP) is 1.87. The molecule has 96 valence electrons. The van der Waals surface area contributed by atoms with Gasteiger partial charge in [-0.2, -0.15) is 0 Å². The average Bonchev–Trinajstić information content (AvgIpc) is 2.32. The largest absolute Gasteiger partial charge is 0.355 e. The molecule has 1 aliphatic rings. The Labute approximate surface area is 111 Å². The number of aldehydes is 1. The van der Waals surface area contributed by atoms with Crippen molar-refractivity contribution in [3.63, 3.8) is 0 Å². The van der Waals surface area contributed by atoms with Gasteiger partial charge in [-0.25, -0.2) is 0 Å². The third-order valence-corrected chi connectivity index (χ3v) is 3.50. The Hall–Kier alpha value is -1.55. The van der Waals surface area contributed by atoms with Crippen molar-refractivity contribution in [3.05, 3.63) is 28.8 Å². The highest BCUT2D eigenvalue weighted by Gasteiger charge is 2.38. The Bertz CT molecular complexity index is 500. The standard InChI is InChI=1S/C13H15ClN2O2/c1-13(2)12(18)15-5-6-16(13)11-7-10(14)4-3-9(11)8-17/h3-4,7-8H,5-6H2,1-2H3,(H,15,18). The molecule has 1 aliphatic heterocycles. The Morgan fingerprint density at radius 3 is 2.83 bits per heavy atom. The van der Waals surface area contributed by atoms with Gasteiger partial charge in [0.05, 0.1) is 0 Å². The van der Waals surface area contributed by atoms with Gasteiger partial charge >= 0.3 is 0 Å². The van der Waals surface area contributed by atoms with Crippen molar-refractivity contribution in [2.75, 3.05) is 18.0 Å². The first kappa shape index (κ1) is 12.9. The average molecular weight is 267 g/mol. The highest BCUT2D eigenvalue weighted by atomic mass is 35.5. The van der Waals surface area contributed by atoms with Gasteiger partial charge in [-0.3, -0.25) is 9.59 Å². The van der Waals surface area contributed by atoms with Crippen molar-refractivity contribution in [2.45, 2.75) is 19.4 Å². The Kier molecular flexibility index (Phi) is 3.30. The van der Waals surface area contributed by atoms with Gasteiger partial charge in [0.15, 0.2) is 6.29 Å². The van der Waals surface area contributed by atoms with Crippen molar-refractivity contribution in [2.24, 2.45) is 0 Å². The van der Waals surface area contributed by atoms with Crippen LogP contribution in [0, 0.1) is 0 Å². The molecule has 1 aromatic rings. The minimum absolute atomic E-state index is 0.0504. The van der Waals surface area contributed by atoms with Crippen LogP contribution in [0.15, 0.2) is 18.2 Å². The number of amides is 1. The number of hydrogen-bond donors (Lipinski definition) is 1. The molecule has 1 amide bonds. The summed E-state index contributed by atoms with van der Waals surface area (Å²) >= 11 is 5.98. The first-order valence-electron chi connectivity index (χ1n) is 5.77. The summed E-state index contributed by atoms with van der Waals surface area (Å²) in [4.78, 5) is 24.9. The molecule has 1 N–H and O–H groups in total. The van der Waals surface area contributed by atoms with E-state index in [2.05, 4.69) is 5.32 Å². The summed E-state index contributed by atoms with van der Waals surface area (Å²) in [5.74, 6) is -0.0504. The number of benzene rings is 1.